The predicted octanol–water partition coefficient (Wildman–Crippen LogP) is 2.44. The van der Waals surface area contributed by atoms with E-state index >= 15 is 0 Å². The summed E-state index contributed by atoms with van der Waals surface area (Å²) in [6.07, 6.45) is 4.23. The fraction of sp³-hybridized carbons (Fsp3) is 0.400. The molecule has 0 bridgehead atoms. The molecule has 1 aliphatic carbocycles. The molecule has 0 saturated carbocycles. The van der Waals surface area contributed by atoms with Gasteiger partial charge in [-0.2, -0.15) is 0 Å². The van der Waals surface area contributed by atoms with Gasteiger partial charge in [-0.05, 0) is 37.8 Å². The molecule has 2 aromatic rings. The van der Waals surface area contributed by atoms with Crippen LogP contribution in [0.15, 0.2) is 22.7 Å². The van der Waals surface area contributed by atoms with Gasteiger partial charge in [0.2, 0.25) is 5.91 Å². The van der Waals surface area contributed by atoms with Crippen molar-refractivity contribution in [2.45, 2.75) is 39.0 Å². The number of anilines is 1. The molecule has 5 nitrogen and oxygen atoms in total. The van der Waals surface area contributed by atoms with Gasteiger partial charge in [0.1, 0.15) is 11.6 Å². The zero-order chi connectivity index (χ0) is 13.9. The van der Waals surface area contributed by atoms with Gasteiger partial charge in [-0.1, -0.05) is 11.2 Å². The van der Waals surface area contributed by atoms with Crippen LogP contribution in [0.4, 0.5) is 5.82 Å². The molecule has 5 heteroatoms. The Hall–Kier alpha value is -2.17. The second kappa shape index (κ2) is 5.45. The van der Waals surface area contributed by atoms with Crippen LogP contribution in [-0.4, -0.2) is 16.0 Å². The van der Waals surface area contributed by atoms with E-state index in [1.54, 1.807) is 0 Å². The molecule has 1 N–H and O–H groups in total. The number of rotatable bonds is 4. The largest absolute Gasteiger partial charge is 0.361 e. The maximum Gasteiger partial charge on any atom is 0.225 e. The van der Waals surface area contributed by atoms with Crippen molar-refractivity contribution in [3.8, 4) is 0 Å². The summed E-state index contributed by atoms with van der Waals surface area (Å²) in [4.78, 5) is 16.4. The van der Waals surface area contributed by atoms with Crippen molar-refractivity contribution in [1.29, 1.82) is 0 Å². The number of aryl methyl sites for hydroxylation is 4. The van der Waals surface area contributed by atoms with Gasteiger partial charge in [0.15, 0.2) is 0 Å². The van der Waals surface area contributed by atoms with E-state index in [2.05, 4.69) is 21.5 Å². The summed E-state index contributed by atoms with van der Waals surface area (Å²) in [5.41, 5.74) is 3.23. The maximum atomic E-state index is 11.9. The Kier molecular flexibility index (Phi) is 3.50. The number of pyridine rings is 1. The molecule has 3 rings (SSSR count). The summed E-state index contributed by atoms with van der Waals surface area (Å²) >= 11 is 0. The number of hydrogen-bond acceptors (Lipinski definition) is 4. The molecular weight excluding hydrogens is 254 g/mol. The number of hydrogen-bond donors (Lipinski definition) is 1. The first-order valence-corrected chi connectivity index (χ1v) is 6.91. The fourth-order valence-electron chi connectivity index (χ4n) is 2.47. The number of fused-ring (bicyclic) bond motifs is 1. The number of amides is 1. The van der Waals surface area contributed by atoms with E-state index in [1.165, 1.54) is 5.56 Å². The highest BCUT2D eigenvalue weighted by Gasteiger charge is 2.13. The standard InChI is InChI=1S/C15H17N3O2/c1-10-9-12(18-20-10)6-8-15(19)17-14-7-5-11-3-2-4-13(11)16-14/h5,7,9H,2-4,6,8H2,1H3,(H,16,17,19). The highest BCUT2D eigenvalue weighted by atomic mass is 16.5. The van der Waals surface area contributed by atoms with E-state index in [9.17, 15) is 4.79 Å². The molecule has 1 aliphatic rings. The van der Waals surface area contributed by atoms with Gasteiger partial charge < -0.3 is 9.84 Å². The fourth-order valence-corrected chi connectivity index (χ4v) is 2.47. The molecule has 0 spiro atoms. The van der Waals surface area contributed by atoms with Crippen molar-refractivity contribution in [2.24, 2.45) is 0 Å². The summed E-state index contributed by atoms with van der Waals surface area (Å²) < 4.78 is 4.97. The summed E-state index contributed by atoms with van der Waals surface area (Å²) in [5, 5.41) is 6.71. The van der Waals surface area contributed by atoms with E-state index in [-0.39, 0.29) is 5.91 Å². The van der Waals surface area contributed by atoms with Crippen molar-refractivity contribution in [3.05, 3.63) is 40.9 Å². The van der Waals surface area contributed by atoms with Gasteiger partial charge in [-0.15, -0.1) is 0 Å². The van der Waals surface area contributed by atoms with Crippen LogP contribution in [0.1, 0.15) is 35.6 Å². The van der Waals surface area contributed by atoms with Crippen molar-refractivity contribution in [2.75, 3.05) is 5.32 Å². The van der Waals surface area contributed by atoms with E-state index in [0.29, 0.717) is 18.7 Å². The van der Waals surface area contributed by atoms with Crippen LogP contribution in [-0.2, 0) is 24.1 Å². The monoisotopic (exact) mass is 271 g/mol. The van der Waals surface area contributed by atoms with E-state index in [1.807, 2.05) is 19.1 Å². The smallest absolute Gasteiger partial charge is 0.225 e. The van der Waals surface area contributed by atoms with Crippen molar-refractivity contribution in [1.82, 2.24) is 10.1 Å². The SMILES string of the molecule is Cc1cc(CCC(=O)Nc2ccc3c(n2)CCC3)no1. The summed E-state index contributed by atoms with van der Waals surface area (Å²) in [5.74, 6) is 1.36. The zero-order valence-corrected chi connectivity index (χ0v) is 11.5. The van der Waals surface area contributed by atoms with Gasteiger partial charge in [-0.25, -0.2) is 4.98 Å². The average Bonchev–Trinajstić information content (AvgIpc) is 3.04. The number of nitrogens with zero attached hydrogens (tertiary/aromatic N) is 2. The van der Waals surface area contributed by atoms with E-state index in [0.717, 1.165) is 36.4 Å². The zero-order valence-electron chi connectivity index (χ0n) is 11.5. The molecule has 0 unspecified atom stereocenters. The van der Waals surface area contributed by atoms with Crippen LogP contribution in [0.2, 0.25) is 0 Å². The minimum atomic E-state index is -0.0453. The molecule has 0 atom stereocenters. The molecule has 0 radical (unpaired) electrons. The van der Waals surface area contributed by atoms with Gasteiger partial charge in [-0.3, -0.25) is 4.79 Å². The lowest BCUT2D eigenvalue weighted by atomic mass is 10.2. The maximum absolute atomic E-state index is 11.9. The second-order valence-electron chi connectivity index (χ2n) is 5.13. The van der Waals surface area contributed by atoms with E-state index < -0.39 is 0 Å². The van der Waals surface area contributed by atoms with Crippen LogP contribution in [0.3, 0.4) is 0 Å². The van der Waals surface area contributed by atoms with Crippen LogP contribution >= 0.6 is 0 Å². The number of nitrogens with one attached hydrogen (secondary N) is 1. The molecule has 0 aromatic carbocycles. The Morgan fingerprint density at radius 1 is 1.40 bits per heavy atom. The minimum Gasteiger partial charge on any atom is -0.361 e. The Labute approximate surface area is 117 Å². The molecule has 0 fully saturated rings. The Bertz CT molecular complexity index is 634. The lowest BCUT2D eigenvalue weighted by molar-refractivity contribution is -0.116. The number of carbonyl (C=O) groups excluding carboxylic acids is 1. The molecule has 2 aromatic heterocycles. The third-order valence-electron chi connectivity index (χ3n) is 3.48. The first-order valence-electron chi connectivity index (χ1n) is 6.91. The normalized spacial score (nSPS) is 13.2. The summed E-state index contributed by atoms with van der Waals surface area (Å²) in [6, 6.07) is 5.79. The number of aromatic nitrogens is 2. The van der Waals surface area contributed by atoms with Crippen LogP contribution in [0.25, 0.3) is 0 Å². The van der Waals surface area contributed by atoms with Crippen molar-refractivity contribution in [3.63, 3.8) is 0 Å². The Balaban J connectivity index is 1.56. The topological polar surface area (TPSA) is 68.0 Å². The molecule has 104 valence electrons. The number of carbonyl (C=O) groups is 1. The first-order chi connectivity index (χ1) is 9.70. The second-order valence-corrected chi connectivity index (χ2v) is 5.13. The lowest BCUT2D eigenvalue weighted by Crippen LogP contribution is -2.14. The first kappa shape index (κ1) is 12.8. The minimum absolute atomic E-state index is 0.0453. The predicted molar refractivity (Wildman–Crippen MR) is 74.5 cm³/mol. The quantitative estimate of drug-likeness (QED) is 0.927. The van der Waals surface area contributed by atoms with Crippen LogP contribution in [0, 0.1) is 6.92 Å². The summed E-state index contributed by atoms with van der Waals surface area (Å²) in [7, 11) is 0. The Morgan fingerprint density at radius 3 is 3.10 bits per heavy atom. The van der Waals surface area contributed by atoms with Crippen molar-refractivity contribution >= 4 is 11.7 Å². The van der Waals surface area contributed by atoms with Crippen LogP contribution < -0.4 is 5.32 Å². The third-order valence-corrected chi connectivity index (χ3v) is 3.48. The van der Waals surface area contributed by atoms with Gasteiger partial charge >= 0.3 is 0 Å². The molecule has 0 aliphatic heterocycles. The highest BCUT2D eigenvalue weighted by molar-refractivity contribution is 5.89. The molecule has 0 saturated heterocycles. The molecule has 1 amide bonds. The highest BCUT2D eigenvalue weighted by Crippen LogP contribution is 2.21. The average molecular weight is 271 g/mol. The van der Waals surface area contributed by atoms with E-state index in [4.69, 9.17) is 4.52 Å². The Morgan fingerprint density at radius 2 is 2.30 bits per heavy atom. The molecule has 2 heterocycles. The van der Waals surface area contributed by atoms with Crippen LogP contribution in [0.5, 0.6) is 0 Å². The molecule has 20 heavy (non-hydrogen) atoms. The van der Waals surface area contributed by atoms with Gasteiger partial charge in [0, 0.05) is 24.6 Å². The molecular formula is C15H17N3O2. The van der Waals surface area contributed by atoms with Crippen molar-refractivity contribution < 1.29 is 9.32 Å². The lowest BCUT2D eigenvalue weighted by Gasteiger charge is -2.05. The third kappa shape index (κ3) is 2.87. The van der Waals surface area contributed by atoms with Gasteiger partial charge in [0.25, 0.3) is 0 Å². The summed E-state index contributed by atoms with van der Waals surface area (Å²) in [6.45, 7) is 1.84. The van der Waals surface area contributed by atoms with Gasteiger partial charge in [0.05, 0.1) is 5.69 Å².